The van der Waals surface area contributed by atoms with Crippen molar-refractivity contribution in [3.05, 3.63) is 68.8 Å². The van der Waals surface area contributed by atoms with E-state index < -0.39 is 0 Å². The highest BCUT2D eigenvalue weighted by atomic mass is 79.9. The van der Waals surface area contributed by atoms with E-state index in [2.05, 4.69) is 39.2 Å². The fourth-order valence-corrected chi connectivity index (χ4v) is 2.38. The van der Waals surface area contributed by atoms with Gasteiger partial charge in [-0.1, -0.05) is 52.0 Å². The van der Waals surface area contributed by atoms with Crippen molar-refractivity contribution >= 4 is 39.4 Å². The molecular formula is C16H11BrS. The van der Waals surface area contributed by atoms with Crippen molar-refractivity contribution < 1.29 is 0 Å². The predicted molar refractivity (Wildman–Crippen MR) is 84.3 cm³/mol. The van der Waals surface area contributed by atoms with Crippen molar-refractivity contribution in [3.8, 4) is 11.8 Å². The molecule has 0 spiro atoms. The Morgan fingerprint density at radius 3 is 2.44 bits per heavy atom. The van der Waals surface area contributed by atoms with Crippen LogP contribution in [0.5, 0.6) is 0 Å². The largest absolute Gasteiger partial charge is 0.144 e. The van der Waals surface area contributed by atoms with Gasteiger partial charge < -0.3 is 0 Å². The quantitative estimate of drug-likeness (QED) is 0.665. The summed E-state index contributed by atoms with van der Waals surface area (Å²) in [6, 6.07) is 12.2. The van der Waals surface area contributed by atoms with Crippen LogP contribution in [0.1, 0.15) is 10.4 Å². The summed E-state index contributed by atoms with van der Waals surface area (Å²) in [5.41, 5.74) is 1.13. The molecule has 0 atom stereocenters. The third-order valence-corrected chi connectivity index (χ3v) is 3.77. The Hall–Kier alpha value is -1.56. The third-order valence-electron chi connectivity index (χ3n) is 2.21. The molecule has 0 unspecified atom stereocenters. The van der Waals surface area contributed by atoms with Crippen molar-refractivity contribution in [2.45, 2.75) is 0 Å². The minimum Gasteiger partial charge on any atom is -0.144 e. The Labute approximate surface area is 120 Å². The standard InChI is InChI=1S/C16H11BrS/c17-16-12-6-5-9-14(16)8-3-1-2-4-10-15-11-7-13-18-15/h3-13H/b8-3-,10-4-. The Kier molecular flexibility index (Phi) is 5.01. The van der Waals surface area contributed by atoms with Gasteiger partial charge in [0, 0.05) is 9.35 Å². The maximum atomic E-state index is 3.49. The van der Waals surface area contributed by atoms with Crippen LogP contribution in [0.3, 0.4) is 0 Å². The van der Waals surface area contributed by atoms with Crippen molar-refractivity contribution in [1.82, 2.24) is 0 Å². The van der Waals surface area contributed by atoms with Crippen LogP contribution in [-0.4, -0.2) is 0 Å². The Bertz CT molecular complexity index is 610. The van der Waals surface area contributed by atoms with Gasteiger partial charge in [0.25, 0.3) is 0 Å². The van der Waals surface area contributed by atoms with Gasteiger partial charge in [0.05, 0.1) is 0 Å². The van der Waals surface area contributed by atoms with Gasteiger partial charge in [-0.25, -0.2) is 0 Å². The minimum absolute atomic E-state index is 1.08. The minimum atomic E-state index is 1.08. The number of allylic oxidation sites excluding steroid dienone is 2. The molecule has 0 bridgehead atoms. The SMILES string of the molecule is Brc1ccccc1/C=C\C#C/C=C\c1cccs1. The van der Waals surface area contributed by atoms with Crippen LogP contribution in [0.15, 0.2) is 58.4 Å². The number of hydrogen-bond acceptors (Lipinski definition) is 1. The highest BCUT2D eigenvalue weighted by molar-refractivity contribution is 9.10. The number of thiophene rings is 1. The normalized spacial score (nSPS) is 10.7. The van der Waals surface area contributed by atoms with Crippen molar-refractivity contribution in [1.29, 1.82) is 0 Å². The fraction of sp³-hybridized carbons (Fsp3) is 0. The predicted octanol–water partition coefficient (Wildman–Crippen LogP) is 5.24. The molecule has 2 aromatic rings. The van der Waals surface area contributed by atoms with Crippen LogP contribution in [0.4, 0.5) is 0 Å². The summed E-state index contributed by atoms with van der Waals surface area (Å²) in [6.07, 6.45) is 7.75. The molecular weight excluding hydrogens is 304 g/mol. The third kappa shape index (κ3) is 4.03. The van der Waals surface area contributed by atoms with Gasteiger partial charge in [-0.3, -0.25) is 0 Å². The van der Waals surface area contributed by atoms with Crippen LogP contribution < -0.4 is 0 Å². The average Bonchev–Trinajstić information content (AvgIpc) is 2.89. The summed E-state index contributed by atoms with van der Waals surface area (Å²) in [7, 11) is 0. The molecule has 0 nitrogen and oxygen atoms in total. The fourth-order valence-electron chi connectivity index (χ4n) is 1.35. The van der Waals surface area contributed by atoms with Gasteiger partial charge in [0.2, 0.25) is 0 Å². The molecule has 0 aliphatic rings. The molecule has 0 aliphatic carbocycles. The molecule has 1 aromatic carbocycles. The highest BCUT2D eigenvalue weighted by Crippen LogP contribution is 2.16. The summed E-state index contributed by atoms with van der Waals surface area (Å²) in [4.78, 5) is 1.22. The second-order valence-electron chi connectivity index (χ2n) is 3.49. The summed E-state index contributed by atoms with van der Waals surface area (Å²) in [5.74, 6) is 5.98. The summed E-state index contributed by atoms with van der Waals surface area (Å²) < 4.78 is 1.08. The number of halogens is 1. The van der Waals surface area contributed by atoms with Gasteiger partial charge in [-0.2, -0.15) is 0 Å². The lowest BCUT2D eigenvalue weighted by Gasteiger charge is -1.94. The summed E-state index contributed by atoms with van der Waals surface area (Å²) in [6.45, 7) is 0. The lowest BCUT2D eigenvalue weighted by atomic mass is 10.2. The topological polar surface area (TPSA) is 0 Å². The van der Waals surface area contributed by atoms with Crippen LogP contribution >= 0.6 is 27.3 Å². The molecule has 88 valence electrons. The van der Waals surface area contributed by atoms with Crippen LogP contribution in [0.2, 0.25) is 0 Å². The average molecular weight is 315 g/mol. The zero-order valence-corrected chi connectivity index (χ0v) is 12.0. The van der Waals surface area contributed by atoms with Gasteiger partial charge >= 0.3 is 0 Å². The zero-order valence-electron chi connectivity index (χ0n) is 9.64. The van der Waals surface area contributed by atoms with Crippen LogP contribution in [-0.2, 0) is 0 Å². The molecule has 1 aromatic heterocycles. The maximum Gasteiger partial charge on any atom is 0.0276 e. The molecule has 2 rings (SSSR count). The zero-order chi connectivity index (χ0) is 12.6. The van der Waals surface area contributed by atoms with Crippen molar-refractivity contribution in [2.75, 3.05) is 0 Å². The molecule has 0 saturated carbocycles. The van der Waals surface area contributed by atoms with E-state index in [1.807, 2.05) is 54.6 Å². The van der Waals surface area contributed by atoms with E-state index in [9.17, 15) is 0 Å². The highest BCUT2D eigenvalue weighted by Gasteiger charge is 1.90. The first-order valence-corrected chi connectivity index (χ1v) is 7.16. The smallest absolute Gasteiger partial charge is 0.0276 e. The van der Waals surface area contributed by atoms with E-state index in [1.165, 1.54) is 4.88 Å². The van der Waals surface area contributed by atoms with Gasteiger partial charge in [0.1, 0.15) is 0 Å². The molecule has 0 fully saturated rings. The summed E-state index contributed by atoms with van der Waals surface area (Å²) in [5, 5.41) is 2.06. The first kappa shape index (κ1) is 12.9. The molecule has 18 heavy (non-hydrogen) atoms. The van der Waals surface area contributed by atoms with E-state index in [0.717, 1.165) is 10.0 Å². The van der Waals surface area contributed by atoms with E-state index in [-0.39, 0.29) is 0 Å². The van der Waals surface area contributed by atoms with Crippen LogP contribution in [0, 0.1) is 11.8 Å². The molecule has 0 radical (unpaired) electrons. The Morgan fingerprint density at radius 2 is 1.72 bits per heavy atom. The number of hydrogen-bond donors (Lipinski definition) is 0. The molecule has 1 heterocycles. The molecule has 0 amide bonds. The first-order chi connectivity index (χ1) is 8.86. The molecule has 0 N–H and O–H groups in total. The second kappa shape index (κ2) is 7.00. The Balaban J connectivity index is 1.94. The van der Waals surface area contributed by atoms with E-state index in [0.29, 0.717) is 0 Å². The van der Waals surface area contributed by atoms with Crippen molar-refractivity contribution in [3.63, 3.8) is 0 Å². The van der Waals surface area contributed by atoms with Crippen molar-refractivity contribution in [2.24, 2.45) is 0 Å². The Morgan fingerprint density at radius 1 is 0.944 bits per heavy atom. The number of benzene rings is 1. The first-order valence-electron chi connectivity index (χ1n) is 5.48. The van der Waals surface area contributed by atoms with E-state index >= 15 is 0 Å². The molecule has 0 aliphatic heterocycles. The second-order valence-corrected chi connectivity index (χ2v) is 5.33. The lowest BCUT2D eigenvalue weighted by Crippen LogP contribution is -1.72. The molecule has 0 saturated heterocycles. The van der Waals surface area contributed by atoms with Gasteiger partial charge in [-0.15, -0.1) is 11.3 Å². The monoisotopic (exact) mass is 314 g/mol. The molecule has 2 heteroatoms. The van der Waals surface area contributed by atoms with E-state index in [4.69, 9.17) is 0 Å². The van der Waals surface area contributed by atoms with Crippen LogP contribution in [0.25, 0.3) is 12.2 Å². The van der Waals surface area contributed by atoms with Gasteiger partial charge in [0.15, 0.2) is 0 Å². The summed E-state index contributed by atoms with van der Waals surface area (Å²) >= 11 is 5.20. The van der Waals surface area contributed by atoms with E-state index in [1.54, 1.807) is 11.3 Å². The lowest BCUT2D eigenvalue weighted by molar-refractivity contribution is 1.60. The van der Waals surface area contributed by atoms with Gasteiger partial charge in [-0.05, 0) is 47.4 Å². The maximum absolute atomic E-state index is 3.49. The number of rotatable bonds is 2.